The zero-order valence-corrected chi connectivity index (χ0v) is 18.7. The van der Waals surface area contributed by atoms with Crippen LogP contribution in [0.5, 0.6) is 5.75 Å². The minimum absolute atomic E-state index is 0.0184. The molecule has 10 heteroatoms. The van der Waals surface area contributed by atoms with E-state index in [1.165, 1.54) is 35.9 Å². The molecule has 4 rings (SSSR count). The van der Waals surface area contributed by atoms with Gasteiger partial charge in [-0.2, -0.15) is 0 Å². The van der Waals surface area contributed by atoms with Crippen molar-refractivity contribution in [3.8, 4) is 5.75 Å². The summed E-state index contributed by atoms with van der Waals surface area (Å²) < 4.78 is 38.3. The molecular formula is C23H23N3O6S. The average molecular weight is 470 g/mol. The normalized spacial score (nSPS) is 12.8. The summed E-state index contributed by atoms with van der Waals surface area (Å²) in [5.74, 6) is -0.267. The predicted octanol–water partition coefficient (Wildman–Crippen LogP) is 2.09. The van der Waals surface area contributed by atoms with Crippen molar-refractivity contribution < 1.29 is 27.2 Å². The van der Waals surface area contributed by atoms with Crippen LogP contribution in [0, 0.1) is 0 Å². The van der Waals surface area contributed by atoms with Crippen LogP contribution in [-0.2, 0) is 27.8 Å². The standard InChI is InChI=1S/C23H23N3O6S/c1-31-21-9-8-18(33(29,30)26-11-10-16-5-2-3-7-20(16)26)13-19(21)23(28)25-15-22(27)24-14-17-6-4-12-32-17/h2-9,12-13H,10-11,14-15H2,1H3,(H,24,27)(H,25,28). The lowest BCUT2D eigenvalue weighted by molar-refractivity contribution is -0.120. The van der Waals surface area contributed by atoms with Crippen molar-refractivity contribution in [2.75, 3.05) is 24.5 Å². The van der Waals surface area contributed by atoms with Gasteiger partial charge in [-0.15, -0.1) is 0 Å². The Morgan fingerprint density at radius 3 is 2.67 bits per heavy atom. The van der Waals surface area contributed by atoms with Crippen LogP contribution in [0.15, 0.2) is 70.2 Å². The van der Waals surface area contributed by atoms with Crippen molar-refractivity contribution in [2.24, 2.45) is 0 Å². The van der Waals surface area contributed by atoms with Gasteiger partial charge in [0.25, 0.3) is 15.9 Å². The van der Waals surface area contributed by atoms with E-state index in [0.717, 1.165) is 5.56 Å². The maximum Gasteiger partial charge on any atom is 0.264 e. The smallest absolute Gasteiger partial charge is 0.264 e. The first kappa shape index (κ1) is 22.4. The molecule has 0 spiro atoms. The second-order valence-corrected chi connectivity index (χ2v) is 9.22. The van der Waals surface area contributed by atoms with Gasteiger partial charge in [0.1, 0.15) is 11.5 Å². The molecule has 172 valence electrons. The van der Waals surface area contributed by atoms with Gasteiger partial charge in [0.05, 0.1) is 42.6 Å². The molecule has 1 aliphatic rings. The van der Waals surface area contributed by atoms with Crippen LogP contribution in [0.4, 0.5) is 5.69 Å². The number of nitrogens with one attached hydrogen (secondary N) is 2. The number of methoxy groups -OCH3 is 1. The van der Waals surface area contributed by atoms with Gasteiger partial charge in [-0.3, -0.25) is 13.9 Å². The van der Waals surface area contributed by atoms with E-state index in [2.05, 4.69) is 10.6 Å². The predicted molar refractivity (Wildman–Crippen MR) is 121 cm³/mol. The molecule has 9 nitrogen and oxygen atoms in total. The number of rotatable bonds is 8. The molecule has 2 N–H and O–H groups in total. The van der Waals surface area contributed by atoms with Crippen molar-refractivity contribution in [2.45, 2.75) is 17.9 Å². The summed E-state index contributed by atoms with van der Waals surface area (Å²) in [6.07, 6.45) is 2.11. The Hall–Kier alpha value is -3.79. The third-order valence-electron chi connectivity index (χ3n) is 5.30. The van der Waals surface area contributed by atoms with Crippen LogP contribution in [-0.4, -0.2) is 40.4 Å². The monoisotopic (exact) mass is 469 g/mol. The Labute approximate surface area is 191 Å². The minimum atomic E-state index is -3.89. The number of carbonyl (C=O) groups excluding carboxylic acids is 2. The molecule has 33 heavy (non-hydrogen) atoms. The Bertz CT molecular complexity index is 1270. The highest BCUT2D eigenvalue weighted by Crippen LogP contribution is 2.33. The van der Waals surface area contributed by atoms with Crippen LogP contribution < -0.4 is 19.7 Å². The molecule has 0 aliphatic carbocycles. The van der Waals surface area contributed by atoms with Gasteiger partial charge in [0.2, 0.25) is 5.91 Å². The molecule has 1 aromatic heterocycles. The van der Waals surface area contributed by atoms with E-state index in [1.807, 2.05) is 12.1 Å². The zero-order valence-electron chi connectivity index (χ0n) is 17.9. The number of hydrogen-bond acceptors (Lipinski definition) is 6. The average Bonchev–Trinajstić information content (AvgIpc) is 3.51. The minimum Gasteiger partial charge on any atom is -0.496 e. The number of ether oxygens (including phenoxy) is 1. The van der Waals surface area contributed by atoms with Gasteiger partial charge in [0.15, 0.2) is 0 Å². The topological polar surface area (TPSA) is 118 Å². The van der Waals surface area contributed by atoms with Gasteiger partial charge in [-0.05, 0) is 48.4 Å². The summed E-state index contributed by atoms with van der Waals surface area (Å²) >= 11 is 0. The maximum absolute atomic E-state index is 13.3. The number of fused-ring (bicyclic) bond motifs is 1. The summed E-state index contributed by atoms with van der Waals surface area (Å²) in [5, 5.41) is 5.12. The van der Waals surface area contributed by atoms with Crippen LogP contribution in [0.3, 0.4) is 0 Å². The third-order valence-corrected chi connectivity index (χ3v) is 7.11. The molecule has 0 fully saturated rings. The molecule has 0 saturated heterocycles. The maximum atomic E-state index is 13.3. The fourth-order valence-corrected chi connectivity index (χ4v) is 5.16. The highest BCUT2D eigenvalue weighted by Gasteiger charge is 2.31. The number of para-hydroxylation sites is 1. The van der Waals surface area contributed by atoms with E-state index in [1.54, 1.807) is 24.3 Å². The molecule has 0 bridgehead atoms. The number of furan rings is 1. The lowest BCUT2D eigenvalue weighted by Gasteiger charge is -2.20. The van der Waals surface area contributed by atoms with E-state index in [-0.39, 0.29) is 29.3 Å². The van der Waals surface area contributed by atoms with Crippen molar-refractivity contribution in [1.82, 2.24) is 10.6 Å². The number of nitrogens with zero attached hydrogens (tertiary/aromatic N) is 1. The van der Waals surface area contributed by atoms with Gasteiger partial charge >= 0.3 is 0 Å². The largest absolute Gasteiger partial charge is 0.496 e. The third kappa shape index (κ3) is 4.70. The number of anilines is 1. The molecular weight excluding hydrogens is 446 g/mol. The lowest BCUT2D eigenvalue weighted by atomic mass is 10.2. The van der Waals surface area contributed by atoms with E-state index < -0.39 is 21.8 Å². The second-order valence-electron chi connectivity index (χ2n) is 7.36. The van der Waals surface area contributed by atoms with Crippen molar-refractivity contribution in [3.05, 3.63) is 77.7 Å². The van der Waals surface area contributed by atoms with E-state index in [4.69, 9.17) is 9.15 Å². The Morgan fingerprint density at radius 1 is 1.09 bits per heavy atom. The van der Waals surface area contributed by atoms with Crippen LogP contribution >= 0.6 is 0 Å². The van der Waals surface area contributed by atoms with Crippen molar-refractivity contribution in [1.29, 1.82) is 0 Å². The fraction of sp³-hybridized carbons (Fsp3) is 0.217. The van der Waals surface area contributed by atoms with E-state index in [0.29, 0.717) is 24.4 Å². The second kappa shape index (κ2) is 9.37. The fourth-order valence-electron chi connectivity index (χ4n) is 3.63. The van der Waals surface area contributed by atoms with Crippen LogP contribution in [0.2, 0.25) is 0 Å². The molecule has 1 aliphatic heterocycles. The van der Waals surface area contributed by atoms with Crippen LogP contribution in [0.25, 0.3) is 0 Å². The first-order valence-corrected chi connectivity index (χ1v) is 11.7. The number of benzene rings is 2. The molecule has 0 atom stereocenters. The van der Waals surface area contributed by atoms with Gasteiger partial charge in [0, 0.05) is 6.54 Å². The lowest BCUT2D eigenvalue weighted by Crippen LogP contribution is -2.36. The SMILES string of the molecule is COc1ccc(S(=O)(=O)N2CCc3ccccc32)cc1C(=O)NCC(=O)NCc1ccco1. The van der Waals surface area contributed by atoms with Gasteiger partial charge in [-0.25, -0.2) is 8.42 Å². The number of sulfonamides is 1. The van der Waals surface area contributed by atoms with Crippen LogP contribution in [0.1, 0.15) is 21.7 Å². The van der Waals surface area contributed by atoms with Crippen molar-refractivity contribution >= 4 is 27.5 Å². The molecule has 3 aromatic rings. The Balaban J connectivity index is 1.49. The molecule has 0 unspecified atom stereocenters. The highest BCUT2D eigenvalue weighted by molar-refractivity contribution is 7.92. The summed E-state index contributed by atoms with van der Waals surface area (Å²) in [4.78, 5) is 24.8. The number of amides is 2. The Kier molecular flexibility index (Phi) is 6.36. The highest BCUT2D eigenvalue weighted by atomic mass is 32.2. The molecule has 2 amide bonds. The summed E-state index contributed by atoms with van der Waals surface area (Å²) in [6.45, 7) is 0.223. The first-order chi connectivity index (χ1) is 15.9. The molecule has 2 aromatic carbocycles. The quantitative estimate of drug-likeness (QED) is 0.522. The summed E-state index contributed by atoms with van der Waals surface area (Å²) in [5.41, 5.74) is 1.60. The number of hydrogen-bond donors (Lipinski definition) is 2. The first-order valence-electron chi connectivity index (χ1n) is 10.3. The zero-order chi connectivity index (χ0) is 23.4. The Morgan fingerprint density at radius 2 is 1.91 bits per heavy atom. The van der Waals surface area contributed by atoms with E-state index in [9.17, 15) is 18.0 Å². The molecule has 0 radical (unpaired) electrons. The number of carbonyl (C=O) groups is 2. The van der Waals surface area contributed by atoms with Crippen molar-refractivity contribution in [3.63, 3.8) is 0 Å². The summed E-state index contributed by atoms with van der Waals surface area (Å²) in [7, 11) is -2.51. The van der Waals surface area contributed by atoms with E-state index >= 15 is 0 Å². The molecule has 0 saturated carbocycles. The molecule has 2 heterocycles. The van der Waals surface area contributed by atoms with Gasteiger partial charge in [-0.1, -0.05) is 18.2 Å². The summed E-state index contributed by atoms with van der Waals surface area (Å²) in [6, 6.07) is 14.8. The van der Waals surface area contributed by atoms with Gasteiger partial charge < -0.3 is 19.8 Å².